The number of hydrogen-bond donors (Lipinski definition) is 1. The number of Topliss-reactive ketones (excluding diaryl/α,β-unsaturated/α-hetero) is 1. The second-order valence-electron chi connectivity index (χ2n) is 28.1. The Bertz CT molecular complexity index is 5230. The molecule has 7 aromatic heterocycles. The molecule has 18 heteroatoms. The first-order chi connectivity index (χ1) is 72.6. The summed E-state index contributed by atoms with van der Waals surface area (Å²) in [5.41, 5.74) is 14.3. The van der Waals surface area contributed by atoms with Gasteiger partial charge in [0.2, 0.25) is 11.4 Å². The van der Waals surface area contributed by atoms with Gasteiger partial charge in [0.1, 0.15) is 23.2 Å². The fourth-order valence-corrected chi connectivity index (χ4v) is 17.2. The Balaban J connectivity index is -0.000000117. The second kappa shape index (κ2) is 27.4. The van der Waals surface area contributed by atoms with Crippen LogP contribution in [0.3, 0.4) is 0 Å². The number of allylic oxidation sites excluding steroid dienone is 4. The smallest absolute Gasteiger partial charge is 0.226 e. The van der Waals surface area contributed by atoms with Crippen LogP contribution in [0.25, 0.3) is 77.6 Å². The molecule has 0 spiro atoms. The van der Waals surface area contributed by atoms with Gasteiger partial charge in [-0.1, -0.05) is 104 Å². The van der Waals surface area contributed by atoms with Gasteiger partial charge < -0.3 is 14.4 Å². The van der Waals surface area contributed by atoms with Crippen molar-refractivity contribution in [1.82, 2.24) is 50.0 Å². The first-order valence-electron chi connectivity index (χ1n) is 58.8. The predicted octanol–water partition coefficient (Wildman–Crippen LogP) is 25.2. The molecule has 0 aliphatic heterocycles. The molecule has 101 heavy (non-hydrogen) atoms. The summed E-state index contributed by atoms with van der Waals surface area (Å²) in [6, 6.07) is 31.7. The molecule has 3 aromatic carbocycles. The minimum absolute atomic E-state index is 0. The van der Waals surface area contributed by atoms with Crippen molar-refractivity contribution in [2.75, 3.05) is 0 Å². The van der Waals surface area contributed by atoms with Crippen LogP contribution >= 0.6 is 0 Å². The molecule has 9 atom stereocenters. The van der Waals surface area contributed by atoms with Crippen LogP contribution in [0.4, 0.5) is 13.2 Å². The van der Waals surface area contributed by atoms with Gasteiger partial charge in [-0.3, -0.25) is 15.0 Å². The van der Waals surface area contributed by atoms with Crippen LogP contribution in [0.2, 0.25) is 0 Å². The maximum atomic E-state index is 15.0. The van der Waals surface area contributed by atoms with Crippen molar-refractivity contribution in [2.45, 2.75) is 151 Å². The molecule has 15 nitrogen and oxygen atoms in total. The van der Waals surface area contributed by atoms with Crippen LogP contribution in [0, 0.1) is 81.0 Å². The van der Waals surface area contributed by atoms with Gasteiger partial charge in [0.25, 0.3) is 0 Å². The lowest BCUT2D eigenvalue weighted by atomic mass is 9.56. The summed E-state index contributed by atoms with van der Waals surface area (Å²) in [5.74, 6) is 2.11. The highest BCUT2D eigenvalue weighted by molar-refractivity contribution is 6.00. The number of rotatable bonds is 6. The van der Waals surface area contributed by atoms with E-state index in [1.54, 1.807) is 61.1 Å². The Morgan fingerprint density at radius 2 is 0.950 bits per heavy atom. The quantitative estimate of drug-likeness (QED) is 0.155. The van der Waals surface area contributed by atoms with Crippen molar-refractivity contribution in [1.29, 1.82) is 0 Å². The van der Waals surface area contributed by atoms with Crippen molar-refractivity contribution in [3.05, 3.63) is 260 Å². The number of carbonyl (C=O) groups is 1. The molecular weight excluding hydrogens is 1270 g/mol. The zero-order chi connectivity index (χ0) is 119. The number of fused-ring (bicyclic) bond motifs is 10. The van der Waals surface area contributed by atoms with Gasteiger partial charge in [-0.2, -0.15) is 0 Å². The number of carbonyl (C=O) groups excluding carboxylic acids is 1. The number of ketones is 1. The van der Waals surface area contributed by atoms with E-state index in [9.17, 15) is 23.1 Å². The van der Waals surface area contributed by atoms with Crippen molar-refractivity contribution in [2.24, 2.45) is 29.6 Å². The van der Waals surface area contributed by atoms with Crippen LogP contribution in [0.15, 0.2) is 162 Å². The number of aliphatic hydroxyl groups is 1. The summed E-state index contributed by atoms with van der Waals surface area (Å²) in [7, 11) is 0. The normalized spacial score (nSPS) is 25.3. The van der Waals surface area contributed by atoms with E-state index in [4.69, 9.17) is 122 Å². The molecule has 10 aromatic rings. The summed E-state index contributed by atoms with van der Waals surface area (Å²) < 4.78 is 301. The van der Waals surface area contributed by atoms with Crippen LogP contribution in [0.1, 0.15) is 226 Å². The van der Waals surface area contributed by atoms with E-state index in [0.717, 1.165) is 111 Å². The van der Waals surface area contributed by atoms with E-state index in [1.807, 2.05) is 102 Å². The Morgan fingerprint density at radius 3 is 1.38 bits per heavy atom. The highest BCUT2D eigenvalue weighted by atomic mass is 19.1. The van der Waals surface area contributed by atoms with Crippen molar-refractivity contribution in [3.8, 4) is 67.9 Å². The molecule has 0 unspecified atom stereocenters. The molecule has 0 radical (unpaired) electrons. The van der Waals surface area contributed by atoms with E-state index in [2.05, 4.69) is 50.6 Å². The lowest BCUT2D eigenvalue weighted by Gasteiger charge is -2.48. The van der Waals surface area contributed by atoms with Gasteiger partial charge >= 0.3 is 0 Å². The third-order valence-electron chi connectivity index (χ3n) is 22.1. The molecule has 7 heterocycles. The number of pyridine rings is 3. The van der Waals surface area contributed by atoms with Crippen LogP contribution in [-0.2, 0) is 46.7 Å². The fourth-order valence-electron chi connectivity index (χ4n) is 17.2. The lowest BCUT2D eigenvalue weighted by Crippen LogP contribution is -2.46. The largest absolute Gasteiger partial charge is 0.523 e. The Morgan fingerprint density at radius 1 is 0.545 bits per heavy atom. The van der Waals surface area contributed by atoms with E-state index >= 15 is 0 Å². The molecule has 6 aliphatic carbocycles. The summed E-state index contributed by atoms with van der Waals surface area (Å²) in [6.45, 7) is 33.5. The number of halogens is 3. The molecule has 0 amide bonds. The predicted molar refractivity (Wildman–Crippen MR) is 440 cm³/mol. The SMILES string of the molecule is C.C.Cc1cc(-c2nc(-c3ccccc3F)c3c(n2)[C@]2(C)Cc4cnoc4[C@H](C)[C@H]2CC3)ccn1.[3HH].[3H][3H].[3H][3H].[3H][3H].[3H][3H].[3H][3H].[3H][3H].[3H][3H].[3H][3H].[3H][3H].[3H][3H].[3H][3H].[3H][3H].[3H][3H].[3H][3H].[3H][3H].[3H][3H].[3H][3H].[3H][3H].[3H][3H].[3H][3H].[3H][3H].[3H][3H].[3H][3H].[3H][3H].[3H][3H].[C-]#[N+]C1=C(O)[C@H](C)[C@H]2CCc3c(-c4ccccc4F)nc(-c4ccnc(C)c4)nc3[C@]2(C)C1.[C-]#[N+]C1=C[C@@]2(C)c3nc(-c4ccnc(C)c4)nc(-c4ccccc4F)c3CC[C@@H]2[C@@H](C)C1=O. The van der Waals surface area contributed by atoms with E-state index in [-0.39, 0.29) is 86.0 Å². The molecule has 0 bridgehead atoms. The maximum absolute atomic E-state index is 15.0. The Labute approximate surface area is 667 Å². The summed E-state index contributed by atoms with van der Waals surface area (Å²) in [6.07, 6.45) is 14.7. The summed E-state index contributed by atoms with van der Waals surface area (Å²) in [4.78, 5) is 62.7. The molecule has 564 valence electrons. The van der Waals surface area contributed by atoms with Gasteiger partial charge in [0, 0.05) is 201 Å². The molecule has 0 saturated heterocycles. The number of aryl methyl sites for hydroxylation is 3. The van der Waals surface area contributed by atoms with Crippen LogP contribution < -0.4 is 0 Å². The average Bonchev–Trinajstić information content (AvgIpc) is 1.000. The molecular formula is C83H133F3N12O3. The number of aliphatic hydroxyl groups excluding tert-OH is 1. The monoisotopic (exact) mass is 1510 g/mol. The van der Waals surface area contributed by atoms with Gasteiger partial charge in [-0.15, -0.1) is 0 Å². The topological polar surface area (TPSA) is 188 Å². The standard InChI is InChI=1S/2C27H25FN4O.C27H23FN4O.2CH4.26H2/c1-15-12-17(10-11-29-15)26-31-23(19-6-4-5-7-22(19)28)20-8-9-21-16(2)24-18(14-30-33-24)13-27(21,3)25(20)32-26;2*1-15-13-17(11-12-30-15)26-31-23(18-7-5-6-8-21(18)28)19-9-10-20-16(2)24(33)22(29-4)14-27(20,3)25(19)32-26;;;;;;;;;;;;;;;;;;;;;;;;;;;;/h4-7,10-12,14,16,21H,8-9,13H2,1-3H3;5-8,11-13,16,20,33H,9-10,14H2,1-3H3;5-8,11-14,16,20H,9-10H2,1-3H3;2*1H4;26*1H/t16-,21-,27-;2*16-,20-,27-;;;;;;;;;;;;;;;;;;;;;;;;;;;;/m111............................/s1/i;;;;;25*1+2T;1+2. The van der Waals surface area contributed by atoms with E-state index < -0.39 is 10.8 Å². The first-order valence-corrected chi connectivity index (χ1v) is 33.8. The number of hydrogen-bond acceptors (Lipinski definition) is 13. The van der Waals surface area contributed by atoms with Crippen molar-refractivity contribution >= 4 is 5.78 Å². The Hall–Kier alpha value is -10.7. The molecule has 0 fully saturated rings. The number of nitrogens with zero attached hydrogens (tertiary/aromatic N) is 12. The maximum Gasteiger partial charge on any atom is 0.226 e. The van der Waals surface area contributed by atoms with Crippen molar-refractivity contribution < 1.29 is 103 Å². The number of aromatic nitrogens is 10. The Kier molecular flexibility index (Phi) is 12.3. The van der Waals surface area contributed by atoms with Crippen molar-refractivity contribution in [3.63, 3.8) is 0 Å². The first kappa shape index (κ1) is 45.1. The fraction of sp³-hybridized carbons (Fsp3) is 0.337. The van der Waals surface area contributed by atoms with E-state index in [0.29, 0.717) is 82.1 Å². The van der Waals surface area contributed by atoms with Crippen LogP contribution in [-0.4, -0.2) is 60.9 Å². The summed E-state index contributed by atoms with van der Waals surface area (Å²) in [5, 5.41) is 14.7. The highest BCUT2D eigenvalue weighted by Gasteiger charge is 2.53. The molecule has 16 rings (SSSR count). The summed E-state index contributed by atoms with van der Waals surface area (Å²) >= 11 is 0. The van der Waals surface area contributed by atoms with Gasteiger partial charge in [-0.05, 0) is 163 Å². The lowest BCUT2D eigenvalue weighted by molar-refractivity contribution is -0.121. The minimum Gasteiger partial charge on any atom is -0.523 e. The zero-order valence-electron chi connectivity index (χ0n) is 107. The van der Waals surface area contributed by atoms with Gasteiger partial charge in [-0.25, -0.2) is 52.8 Å². The minimum atomic E-state index is -0.624. The third-order valence-corrected chi connectivity index (χ3v) is 22.1. The second-order valence-corrected chi connectivity index (χ2v) is 28.1. The van der Waals surface area contributed by atoms with Gasteiger partial charge in [0.05, 0.1) is 59.3 Å². The molecule has 0 saturated carbocycles. The van der Waals surface area contributed by atoms with E-state index in [1.165, 1.54) is 18.2 Å². The average molecular weight is 1510 g/mol. The molecule has 6 aliphatic rings. The molecule has 1 N–H and O–H groups in total. The zero-order valence-corrected chi connectivity index (χ0v) is 56.7. The highest BCUT2D eigenvalue weighted by Crippen LogP contribution is 2.57. The number of benzene rings is 3. The third kappa shape index (κ3) is 12.2. The van der Waals surface area contributed by atoms with Crippen LogP contribution in [0.5, 0.6) is 0 Å². The van der Waals surface area contributed by atoms with Gasteiger partial charge in [0.15, 0.2) is 23.3 Å².